The first-order chi connectivity index (χ1) is 6.13. The number of nitrogens with zero attached hydrogens (tertiary/aromatic N) is 2. The second-order valence-corrected chi connectivity index (χ2v) is 3.44. The van der Waals surface area contributed by atoms with Gasteiger partial charge in [0.1, 0.15) is 0 Å². The molecule has 0 radical (unpaired) electrons. The van der Waals surface area contributed by atoms with Crippen LogP contribution in [0.4, 0.5) is 0 Å². The number of hydrogen-bond acceptors (Lipinski definition) is 0. The molecule has 1 aromatic rings. The van der Waals surface area contributed by atoms with Gasteiger partial charge < -0.3 is 0 Å². The van der Waals surface area contributed by atoms with Crippen LogP contribution in [-0.2, 0) is 0 Å². The van der Waals surface area contributed by atoms with Crippen molar-refractivity contribution in [3.8, 4) is 0 Å². The first-order valence-electron chi connectivity index (χ1n) is 5.21. The predicted molar refractivity (Wildman–Crippen MR) is 56.7 cm³/mol. The molecule has 0 N–H and O–H groups in total. The topological polar surface area (TPSA) is 8.81 Å². The van der Waals surface area contributed by atoms with Gasteiger partial charge in [0.15, 0.2) is 12.2 Å². The number of aromatic nitrogens is 2. The van der Waals surface area contributed by atoms with Crippen LogP contribution in [0.25, 0.3) is 0 Å². The van der Waals surface area contributed by atoms with Gasteiger partial charge in [-0.2, -0.15) is 4.68 Å². The Balaban J connectivity index is 0.000000671. The lowest BCUT2D eigenvalue weighted by Crippen LogP contribution is -2.45. The Morgan fingerprint density at radius 3 is 1.92 bits per heavy atom. The summed E-state index contributed by atoms with van der Waals surface area (Å²) < 4.78 is 4.48. The lowest BCUT2D eigenvalue weighted by atomic mass is 10.4. The smallest absolute Gasteiger partial charge is 0.158 e. The SMILES string of the molecule is CC.CC(C)n1ccc[n+]1C(C)C. The molecule has 1 rings (SSSR count). The summed E-state index contributed by atoms with van der Waals surface area (Å²) in [6.07, 6.45) is 4.23. The Morgan fingerprint density at radius 1 is 1.08 bits per heavy atom. The first kappa shape index (κ1) is 12.2. The maximum Gasteiger partial charge on any atom is 0.195 e. The van der Waals surface area contributed by atoms with E-state index in [1.807, 2.05) is 13.8 Å². The molecule has 0 aliphatic rings. The summed E-state index contributed by atoms with van der Waals surface area (Å²) in [7, 11) is 0. The van der Waals surface area contributed by atoms with Crippen molar-refractivity contribution in [1.29, 1.82) is 0 Å². The Hall–Kier alpha value is -0.790. The summed E-state index contributed by atoms with van der Waals surface area (Å²) in [6, 6.07) is 3.18. The van der Waals surface area contributed by atoms with Crippen molar-refractivity contribution in [3.05, 3.63) is 18.5 Å². The monoisotopic (exact) mass is 183 g/mol. The summed E-state index contributed by atoms with van der Waals surface area (Å²) in [5, 5.41) is 0. The maximum atomic E-state index is 2.24. The van der Waals surface area contributed by atoms with Crippen LogP contribution in [0.1, 0.15) is 53.6 Å². The summed E-state index contributed by atoms with van der Waals surface area (Å²) in [5.41, 5.74) is 0. The molecule has 76 valence electrons. The lowest BCUT2D eigenvalue weighted by molar-refractivity contribution is -0.794. The molecule has 0 fully saturated rings. The van der Waals surface area contributed by atoms with Crippen LogP contribution in [0.3, 0.4) is 0 Å². The molecular formula is C11H23N2+. The van der Waals surface area contributed by atoms with Gasteiger partial charge in [0.25, 0.3) is 0 Å². The molecule has 0 saturated carbocycles. The van der Waals surface area contributed by atoms with E-state index < -0.39 is 0 Å². The summed E-state index contributed by atoms with van der Waals surface area (Å²) in [5.74, 6) is 0. The Labute approximate surface area is 82.2 Å². The molecule has 0 atom stereocenters. The molecule has 0 saturated heterocycles. The van der Waals surface area contributed by atoms with Crippen molar-refractivity contribution in [3.63, 3.8) is 0 Å². The second-order valence-electron chi connectivity index (χ2n) is 3.44. The number of rotatable bonds is 2. The van der Waals surface area contributed by atoms with E-state index in [2.05, 4.69) is 55.5 Å². The third-order valence-electron chi connectivity index (χ3n) is 1.80. The minimum absolute atomic E-state index is 0.549. The molecule has 0 bridgehead atoms. The van der Waals surface area contributed by atoms with Crippen molar-refractivity contribution in [1.82, 2.24) is 4.68 Å². The van der Waals surface area contributed by atoms with E-state index in [1.54, 1.807) is 0 Å². The molecule has 2 heteroatoms. The predicted octanol–water partition coefficient (Wildman–Crippen LogP) is 2.96. The Morgan fingerprint density at radius 2 is 1.62 bits per heavy atom. The van der Waals surface area contributed by atoms with Crippen LogP contribution >= 0.6 is 0 Å². The molecular weight excluding hydrogens is 160 g/mol. The van der Waals surface area contributed by atoms with Gasteiger partial charge >= 0.3 is 0 Å². The van der Waals surface area contributed by atoms with Crippen molar-refractivity contribution >= 4 is 0 Å². The van der Waals surface area contributed by atoms with E-state index in [0.717, 1.165) is 0 Å². The third kappa shape index (κ3) is 3.21. The maximum absolute atomic E-state index is 2.24. The lowest BCUT2D eigenvalue weighted by Gasteiger charge is -2.07. The average molecular weight is 183 g/mol. The highest BCUT2D eigenvalue weighted by Crippen LogP contribution is 2.01. The quantitative estimate of drug-likeness (QED) is 0.623. The largest absolute Gasteiger partial charge is 0.195 e. The molecule has 2 nitrogen and oxygen atoms in total. The minimum Gasteiger partial charge on any atom is -0.158 e. The molecule has 0 spiro atoms. The zero-order valence-corrected chi connectivity index (χ0v) is 9.78. The van der Waals surface area contributed by atoms with Gasteiger partial charge in [-0.15, -0.1) is 4.68 Å². The standard InChI is InChI=1S/C9H17N2.C2H6/c1-8(2)10-6-5-7-11(10)9(3)4;1-2/h5-9H,1-4H3;1-2H3/q+1;. The molecule has 0 aliphatic carbocycles. The van der Waals surface area contributed by atoms with E-state index in [-0.39, 0.29) is 0 Å². The van der Waals surface area contributed by atoms with Crippen molar-refractivity contribution < 1.29 is 4.68 Å². The van der Waals surface area contributed by atoms with Crippen molar-refractivity contribution in [2.75, 3.05) is 0 Å². The molecule has 1 heterocycles. The van der Waals surface area contributed by atoms with E-state index in [4.69, 9.17) is 0 Å². The fraction of sp³-hybridized carbons (Fsp3) is 0.727. The Bertz CT molecular complexity index is 201. The molecule has 1 aromatic heterocycles. The van der Waals surface area contributed by atoms with Crippen LogP contribution in [0.15, 0.2) is 18.5 Å². The van der Waals surface area contributed by atoms with E-state index in [0.29, 0.717) is 12.1 Å². The fourth-order valence-electron chi connectivity index (χ4n) is 1.25. The fourth-order valence-corrected chi connectivity index (χ4v) is 1.25. The van der Waals surface area contributed by atoms with E-state index in [9.17, 15) is 0 Å². The van der Waals surface area contributed by atoms with Crippen molar-refractivity contribution in [2.45, 2.75) is 53.6 Å². The van der Waals surface area contributed by atoms with Gasteiger partial charge in [0.05, 0.1) is 12.2 Å². The zero-order valence-electron chi connectivity index (χ0n) is 9.78. The second kappa shape index (κ2) is 5.79. The number of hydrogen-bond donors (Lipinski definition) is 0. The van der Waals surface area contributed by atoms with Gasteiger partial charge in [-0.3, -0.25) is 0 Å². The minimum atomic E-state index is 0.549. The van der Waals surface area contributed by atoms with Crippen LogP contribution < -0.4 is 4.68 Å². The first-order valence-corrected chi connectivity index (χ1v) is 5.21. The summed E-state index contributed by atoms with van der Waals surface area (Å²) >= 11 is 0. The van der Waals surface area contributed by atoms with Crippen LogP contribution in [0.5, 0.6) is 0 Å². The van der Waals surface area contributed by atoms with Crippen LogP contribution in [0.2, 0.25) is 0 Å². The van der Waals surface area contributed by atoms with Gasteiger partial charge in [-0.1, -0.05) is 13.8 Å². The van der Waals surface area contributed by atoms with Gasteiger partial charge in [0, 0.05) is 6.07 Å². The highest BCUT2D eigenvalue weighted by atomic mass is 15.4. The van der Waals surface area contributed by atoms with E-state index >= 15 is 0 Å². The summed E-state index contributed by atoms with van der Waals surface area (Å²) in [6.45, 7) is 12.8. The molecule has 0 unspecified atom stereocenters. The highest BCUT2D eigenvalue weighted by molar-refractivity contribution is 4.73. The summed E-state index contributed by atoms with van der Waals surface area (Å²) in [4.78, 5) is 0. The Kier molecular flexibility index (Phi) is 5.44. The average Bonchev–Trinajstić information content (AvgIpc) is 2.55. The van der Waals surface area contributed by atoms with Crippen molar-refractivity contribution in [2.24, 2.45) is 0 Å². The van der Waals surface area contributed by atoms with Gasteiger partial charge in [0.2, 0.25) is 0 Å². The van der Waals surface area contributed by atoms with Crippen LogP contribution in [-0.4, -0.2) is 4.68 Å². The molecule has 0 aliphatic heterocycles. The highest BCUT2D eigenvalue weighted by Gasteiger charge is 2.13. The molecule has 0 amide bonds. The van der Waals surface area contributed by atoms with Crippen LogP contribution in [0, 0.1) is 0 Å². The molecule has 13 heavy (non-hydrogen) atoms. The van der Waals surface area contributed by atoms with E-state index in [1.165, 1.54) is 0 Å². The third-order valence-corrected chi connectivity index (χ3v) is 1.80. The van der Waals surface area contributed by atoms with Gasteiger partial charge in [-0.05, 0) is 27.7 Å². The molecule has 0 aromatic carbocycles. The van der Waals surface area contributed by atoms with Gasteiger partial charge in [-0.25, -0.2) is 0 Å². The zero-order chi connectivity index (χ0) is 10.4. The normalized spacial score (nSPS) is 10.2.